The van der Waals surface area contributed by atoms with Gasteiger partial charge in [0.25, 0.3) is 0 Å². The molecule has 4 atom stereocenters. The molecule has 0 amide bonds. The molecule has 0 aliphatic heterocycles. The molecule has 0 aromatic rings. The number of ether oxygens (including phenoxy) is 1. The summed E-state index contributed by atoms with van der Waals surface area (Å²) in [5, 5.41) is 3.54. The zero-order chi connectivity index (χ0) is 13.4. The average molecular weight is 255 g/mol. The van der Waals surface area contributed by atoms with Gasteiger partial charge < -0.3 is 10.1 Å². The molecular formula is C16H33NO. The molecule has 0 aromatic heterocycles. The fourth-order valence-electron chi connectivity index (χ4n) is 3.09. The lowest BCUT2D eigenvalue weighted by atomic mass is 9.85. The van der Waals surface area contributed by atoms with E-state index in [2.05, 4.69) is 33.0 Å². The van der Waals surface area contributed by atoms with E-state index in [1.165, 1.54) is 38.5 Å². The summed E-state index contributed by atoms with van der Waals surface area (Å²) in [6, 6.07) is 0.575. The van der Waals surface area contributed by atoms with Gasteiger partial charge in [-0.3, -0.25) is 0 Å². The minimum atomic E-state index is 0.393. The van der Waals surface area contributed by atoms with E-state index in [9.17, 15) is 0 Å². The molecule has 0 bridgehead atoms. The fraction of sp³-hybridized carbons (Fsp3) is 1.00. The molecule has 108 valence electrons. The molecule has 0 heterocycles. The summed E-state index contributed by atoms with van der Waals surface area (Å²) in [7, 11) is 0. The molecular weight excluding hydrogens is 222 g/mol. The predicted molar refractivity (Wildman–Crippen MR) is 79.0 cm³/mol. The predicted octanol–water partition coefficient (Wildman–Crippen LogP) is 4.14. The van der Waals surface area contributed by atoms with Crippen LogP contribution in [0.2, 0.25) is 0 Å². The highest BCUT2D eigenvalue weighted by molar-refractivity contribution is 4.74. The van der Waals surface area contributed by atoms with Crippen molar-refractivity contribution in [1.29, 1.82) is 0 Å². The van der Waals surface area contributed by atoms with Crippen LogP contribution in [-0.2, 0) is 4.74 Å². The quantitative estimate of drug-likeness (QED) is 0.704. The third-order valence-corrected chi connectivity index (χ3v) is 4.17. The van der Waals surface area contributed by atoms with E-state index in [1.54, 1.807) is 0 Å². The molecule has 1 saturated carbocycles. The van der Waals surface area contributed by atoms with Crippen molar-refractivity contribution in [3.05, 3.63) is 0 Å². The Morgan fingerprint density at radius 3 is 2.67 bits per heavy atom. The van der Waals surface area contributed by atoms with Gasteiger partial charge >= 0.3 is 0 Å². The second kappa shape index (κ2) is 8.92. The first kappa shape index (κ1) is 16.0. The van der Waals surface area contributed by atoms with Gasteiger partial charge in [0.15, 0.2) is 0 Å². The maximum Gasteiger partial charge on any atom is 0.0581 e. The molecule has 4 unspecified atom stereocenters. The lowest BCUT2D eigenvalue weighted by Crippen LogP contribution is -2.33. The first-order chi connectivity index (χ1) is 8.65. The summed E-state index contributed by atoms with van der Waals surface area (Å²) in [6.07, 6.45) is 9.92. The smallest absolute Gasteiger partial charge is 0.0581 e. The third-order valence-electron chi connectivity index (χ3n) is 4.17. The Kier molecular flexibility index (Phi) is 7.92. The molecule has 1 rings (SSSR count). The van der Waals surface area contributed by atoms with Crippen molar-refractivity contribution < 1.29 is 4.74 Å². The minimum absolute atomic E-state index is 0.393. The molecule has 0 spiro atoms. The fourth-order valence-corrected chi connectivity index (χ4v) is 3.09. The van der Waals surface area contributed by atoms with Crippen LogP contribution in [0.15, 0.2) is 0 Å². The minimum Gasteiger partial charge on any atom is -0.375 e. The SMILES string of the molecule is CCCNC(C)CC(C)OC1CCCC(CC)C1. The lowest BCUT2D eigenvalue weighted by molar-refractivity contribution is -0.0383. The number of nitrogens with one attached hydrogen (secondary N) is 1. The van der Waals surface area contributed by atoms with Crippen LogP contribution in [-0.4, -0.2) is 24.8 Å². The maximum atomic E-state index is 6.23. The summed E-state index contributed by atoms with van der Waals surface area (Å²) in [6.45, 7) is 10.2. The van der Waals surface area contributed by atoms with Crippen molar-refractivity contribution in [3.63, 3.8) is 0 Å². The third kappa shape index (κ3) is 6.19. The van der Waals surface area contributed by atoms with Gasteiger partial charge in [0.05, 0.1) is 12.2 Å². The maximum absolute atomic E-state index is 6.23. The lowest BCUT2D eigenvalue weighted by Gasteiger charge is -2.31. The van der Waals surface area contributed by atoms with Crippen molar-refractivity contribution >= 4 is 0 Å². The van der Waals surface area contributed by atoms with Gasteiger partial charge in [-0.25, -0.2) is 0 Å². The Morgan fingerprint density at radius 1 is 1.22 bits per heavy atom. The first-order valence-electron chi connectivity index (χ1n) is 8.04. The summed E-state index contributed by atoms with van der Waals surface area (Å²) >= 11 is 0. The van der Waals surface area contributed by atoms with Crippen LogP contribution in [0.4, 0.5) is 0 Å². The number of hydrogen-bond donors (Lipinski definition) is 1. The Balaban J connectivity index is 2.20. The Hall–Kier alpha value is -0.0800. The first-order valence-corrected chi connectivity index (χ1v) is 8.04. The van der Waals surface area contributed by atoms with E-state index in [1.807, 2.05) is 0 Å². The zero-order valence-electron chi connectivity index (χ0n) is 12.9. The number of hydrogen-bond acceptors (Lipinski definition) is 2. The Morgan fingerprint density at radius 2 is 2.00 bits per heavy atom. The summed E-state index contributed by atoms with van der Waals surface area (Å²) in [5.41, 5.74) is 0. The van der Waals surface area contributed by atoms with E-state index in [0.717, 1.165) is 18.9 Å². The molecule has 18 heavy (non-hydrogen) atoms. The molecule has 0 radical (unpaired) electrons. The molecule has 2 heteroatoms. The highest BCUT2D eigenvalue weighted by atomic mass is 16.5. The largest absolute Gasteiger partial charge is 0.375 e. The highest BCUT2D eigenvalue weighted by Crippen LogP contribution is 2.29. The normalized spacial score (nSPS) is 28.0. The standard InChI is InChI=1S/C16H33NO/c1-5-10-17-13(3)11-14(4)18-16-9-7-8-15(6-2)12-16/h13-17H,5-12H2,1-4H3. The Bertz CT molecular complexity index is 207. The second-order valence-electron chi connectivity index (χ2n) is 6.10. The zero-order valence-corrected chi connectivity index (χ0v) is 12.9. The van der Waals surface area contributed by atoms with E-state index in [4.69, 9.17) is 4.74 Å². The van der Waals surface area contributed by atoms with Gasteiger partial charge in [0.1, 0.15) is 0 Å². The van der Waals surface area contributed by atoms with E-state index in [0.29, 0.717) is 18.2 Å². The average Bonchev–Trinajstić information content (AvgIpc) is 2.36. The molecule has 1 aliphatic carbocycles. The van der Waals surface area contributed by atoms with Gasteiger partial charge in [-0.15, -0.1) is 0 Å². The summed E-state index contributed by atoms with van der Waals surface area (Å²) < 4.78 is 6.23. The molecule has 0 aromatic carbocycles. The van der Waals surface area contributed by atoms with Crippen LogP contribution in [0, 0.1) is 5.92 Å². The van der Waals surface area contributed by atoms with Gasteiger partial charge in [-0.05, 0) is 52.0 Å². The molecule has 2 nitrogen and oxygen atoms in total. The van der Waals surface area contributed by atoms with Gasteiger partial charge in [0, 0.05) is 6.04 Å². The van der Waals surface area contributed by atoms with E-state index >= 15 is 0 Å². The topological polar surface area (TPSA) is 21.3 Å². The summed E-state index contributed by atoms with van der Waals surface area (Å²) in [5.74, 6) is 0.909. The summed E-state index contributed by atoms with van der Waals surface area (Å²) in [4.78, 5) is 0. The van der Waals surface area contributed by atoms with E-state index in [-0.39, 0.29) is 0 Å². The van der Waals surface area contributed by atoms with E-state index < -0.39 is 0 Å². The van der Waals surface area contributed by atoms with Crippen molar-refractivity contribution in [2.75, 3.05) is 6.54 Å². The van der Waals surface area contributed by atoms with Crippen LogP contribution < -0.4 is 5.32 Å². The Labute approximate surface area is 114 Å². The number of rotatable bonds is 8. The van der Waals surface area contributed by atoms with Crippen molar-refractivity contribution in [1.82, 2.24) is 5.32 Å². The van der Waals surface area contributed by atoms with Crippen LogP contribution in [0.25, 0.3) is 0 Å². The van der Waals surface area contributed by atoms with Crippen LogP contribution in [0.5, 0.6) is 0 Å². The van der Waals surface area contributed by atoms with Crippen LogP contribution >= 0.6 is 0 Å². The molecule has 1 fully saturated rings. The molecule has 1 aliphatic rings. The van der Waals surface area contributed by atoms with Gasteiger partial charge in [0.2, 0.25) is 0 Å². The van der Waals surface area contributed by atoms with Gasteiger partial charge in [-0.2, -0.15) is 0 Å². The monoisotopic (exact) mass is 255 g/mol. The molecule has 1 N–H and O–H groups in total. The van der Waals surface area contributed by atoms with Crippen molar-refractivity contribution in [2.45, 2.75) is 90.9 Å². The van der Waals surface area contributed by atoms with Crippen LogP contribution in [0.3, 0.4) is 0 Å². The van der Waals surface area contributed by atoms with Crippen molar-refractivity contribution in [3.8, 4) is 0 Å². The highest BCUT2D eigenvalue weighted by Gasteiger charge is 2.23. The molecule has 0 saturated heterocycles. The van der Waals surface area contributed by atoms with Gasteiger partial charge in [-0.1, -0.05) is 33.1 Å². The van der Waals surface area contributed by atoms with Crippen LogP contribution in [0.1, 0.15) is 72.6 Å². The second-order valence-corrected chi connectivity index (χ2v) is 6.10. The van der Waals surface area contributed by atoms with Crippen molar-refractivity contribution in [2.24, 2.45) is 5.92 Å².